The summed E-state index contributed by atoms with van der Waals surface area (Å²) in [5.41, 5.74) is -0.0943. The largest absolute Gasteiger partial charge is 0.573 e. The average Bonchev–Trinajstić information content (AvgIpc) is 2.92. The quantitative estimate of drug-likeness (QED) is 0.285. The van der Waals surface area contributed by atoms with E-state index in [1.165, 1.54) is 24.3 Å². The molecule has 6 nitrogen and oxygen atoms in total. The maximum absolute atomic E-state index is 12.7. The minimum atomic E-state index is -4.88. The topological polar surface area (TPSA) is 71.4 Å². The zero-order valence-electron chi connectivity index (χ0n) is 21.8. The number of likely N-dealkylation sites (tertiary alicyclic amines) is 1. The van der Waals surface area contributed by atoms with E-state index in [0.29, 0.717) is 38.2 Å². The van der Waals surface area contributed by atoms with E-state index in [9.17, 15) is 31.4 Å². The van der Waals surface area contributed by atoms with Gasteiger partial charge in [0.25, 0.3) is 0 Å². The van der Waals surface area contributed by atoms with Gasteiger partial charge in [0.05, 0.1) is 6.61 Å². The lowest BCUT2D eigenvalue weighted by molar-refractivity contribution is -0.275. The Morgan fingerprint density at radius 2 is 1.12 bits per heavy atom. The first-order valence-electron chi connectivity index (χ1n) is 12.9. The SMILES string of the molecule is OCCOc1ccc(CN2CCC(C(O)(c3ccc(OC(F)(F)F)cc3)c3ccc(OC(F)(F)F)cc3)CC2)cc1. The zero-order chi connectivity index (χ0) is 29.7. The number of ether oxygens (including phenoxy) is 3. The van der Waals surface area contributed by atoms with Gasteiger partial charge in [0, 0.05) is 6.54 Å². The molecule has 0 amide bonds. The normalized spacial score (nSPS) is 15.5. The highest BCUT2D eigenvalue weighted by Crippen LogP contribution is 2.43. The Labute approximate surface area is 232 Å². The highest BCUT2D eigenvalue weighted by molar-refractivity contribution is 5.42. The molecule has 3 aromatic rings. The molecule has 2 N–H and O–H groups in total. The molecule has 222 valence electrons. The summed E-state index contributed by atoms with van der Waals surface area (Å²) in [4.78, 5) is 2.20. The van der Waals surface area contributed by atoms with Gasteiger partial charge in [-0.2, -0.15) is 0 Å². The number of rotatable bonds is 10. The van der Waals surface area contributed by atoms with Crippen LogP contribution in [0.5, 0.6) is 17.2 Å². The van der Waals surface area contributed by atoms with Gasteiger partial charge in [0.15, 0.2) is 0 Å². The van der Waals surface area contributed by atoms with Gasteiger partial charge in [-0.15, -0.1) is 26.3 Å². The Bertz CT molecular complexity index is 1180. The minimum absolute atomic E-state index is 0.0833. The van der Waals surface area contributed by atoms with Crippen molar-refractivity contribution >= 4 is 0 Å². The van der Waals surface area contributed by atoms with Crippen LogP contribution in [0, 0.1) is 5.92 Å². The first-order chi connectivity index (χ1) is 19.4. The zero-order valence-corrected chi connectivity index (χ0v) is 21.8. The third-order valence-electron chi connectivity index (χ3n) is 6.92. The fraction of sp³-hybridized carbons (Fsp3) is 0.379. The molecule has 0 unspecified atom stereocenters. The average molecular weight is 586 g/mol. The van der Waals surface area contributed by atoms with Crippen molar-refractivity contribution in [1.82, 2.24) is 4.90 Å². The van der Waals surface area contributed by atoms with Crippen molar-refractivity contribution in [3.05, 3.63) is 89.5 Å². The molecule has 1 aliphatic heterocycles. The first kappa shape index (κ1) is 30.5. The molecular weight excluding hydrogens is 556 g/mol. The van der Waals surface area contributed by atoms with E-state index in [0.717, 1.165) is 29.8 Å². The Hall–Kier alpha value is -3.48. The van der Waals surface area contributed by atoms with Crippen molar-refractivity contribution in [3.8, 4) is 17.2 Å². The second-order valence-electron chi connectivity index (χ2n) is 9.68. The predicted octanol–water partition coefficient (Wildman–Crippen LogP) is 6.00. The maximum Gasteiger partial charge on any atom is 0.573 e. The summed E-state index contributed by atoms with van der Waals surface area (Å²) in [5.74, 6) is -0.665. The van der Waals surface area contributed by atoms with Crippen LogP contribution in [0.1, 0.15) is 29.5 Å². The number of piperidine rings is 1. The minimum Gasteiger partial charge on any atom is -0.491 e. The van der Waals surface area contributed by atoms with Gasteiger partial charge in [-0.1, -0.05) is 36.4 Å². The van der Waals surface area contributed by atoms with Gasteiger partial charge < -0.3 is 24.4 Å². The van der Waals surface area contributed by atoms with Crippen molar-refractivity contribution in [2.75, 3.05) is 26.3 Å². The van der Waals surface area contributed by atoms with Gasteiger partial charge in [0.1, 0.15) is 29.5 Å². The standard InChI is InChI=1S/C29H29F6NO5/c30-28(31,32)40-25-9-3-21(4-10-25)27(38,22-5-11-26(12-6-22)41-29(33,34)35)23-13-15-36(16-14-23)19-20-1-7-24(8-2-20)39-18-17-37/h1-12,23,37-38H,13-19H2. The van der Waals surface area contributed by atoms with Crippen LogP contribution >= 0.6 is 0 Å². The molecule has 1 heterocycles. The van der Waals surface area contributed by atoms with Crippen LogP contribution in [0.15, 0.2) is 72.8 Å². The molecule has 1 fully saturated rings. The first-order valence-corrected chi connectivity index (χ1v) is 12.9. The number of alkyl halides is 6. The Morgan fingerprint density at radius 1 is 0.683 bits per heavy atom. The van der Waals surface area contributed by atoms with Gasteiger partial charge in [0.2, 0.25) is 0 Å². The molecule has 1 saturated heterocycles. The van der Waals surface area contributed by atoms with E-state index in [4.69, 9.17) is 9.84 Å². The molecule has 41 heavy (non-hydrogen) atoms. The van der Waals surface area contributed by atoms with Crippen LogP contribution in [0.2, 0.25) is 0 Å². The Morgan fingerprint density at radius 3 is 1.54 bits per heavy atom. The summed E-state index contributed by atoms with van der Waals surface area (Å²) in [6.45, 7) is 1.95. The number of hydrogen-bond acceptors (Lipinski definition) is 6. The summed E-state index contributed by atoms with van der Waals surface area (Å²) < 4.78 is 89.3. The van der Waals surface area contributed by atoms with Crippen LogP contribution in [-0.2, 0) is 12.1 Å². The van der Waals surface area contributed by atoms with Crippen molar-refractivity contribution in [2.24, 2.45) is 5.92 Å². The highest BCUT2D eigenvalue weighted by atomic mass is 19.4. The van der Waals surface area contributed by atoms with E-state index in [1.807, 2.05) is 24.3 Å². The Balaban J connectivity index is 1.53. The molecule has 0 aliphatic carbocycles. The van der Waals surface area contributed by atoms with Crippen LogP contribution < -0.4 is 14.2 Å². The van der Waals surface area contributed by atoms with E-state index < -0.39 is 35.7 Å². The lowest BCUT2D eigenvalue weighted by Gasteiger charge is -2.42. The van der Waals surface area contributed by atoms with Crippen molar-refractivity contribution in [2.45, 2.75) is 37.7 Å². The fourth-order valence-corrected chi connectivity index (χ4v) is 5.08. The lowest BCUT2D eigenvalue weighted by atomic mass is 9.72. The maximum atomic E-state index is 12.7. The van der Waals surface area contributed by atoms with Crippen molar-refractivity contribution in [3.63, 3.8) is 0 Å². The second-order valence-corrected chi connectivity index (χ2v) is 9.68. The highest BCUT2D eigenvalue weighted by Gasteiger charge is 2.42. The molecule has 4 rings (SSSR count). The fourth-order valence-electron chi connectivity index (χ4n) is 5.08. The lowest BCUT2D eigenvalue weighted by Crippen LogP contribution is -2.44. The monoisotopic (exact) mass is 585 g/mol. The van der Waals surface area contributed by atoms with Gasteiger partial charge >= 0.3 is 12.7 Å². The molecule has 0 bridgehead atoms. The third kappa shape index (κ3) is 8.27. The third-order valence-corrected chi connectivity index (χ3v) is 6.92. The molecule has 0 aromatic heterocycles. The van der Waals surface area contributed by atoms with E-state index in [1.54, 1.807) is 0 Å². The molecule has 0 atom stereocenters. The van der Waals surface area contributed by atoms with Crippen LogP contribution in [0.3, 0.4) is 0 Å². The van der Waals surface area contributed by atoms with Gasteiger partial charge in [-0.05, 0) is 84.9 Å². The van der Waals surface area contributed by atoms with Crippen LogP contribution in [0.4, 0.5) is 26.3 Å². The summed E-state index contributed by atoms with van der Waals surface area (Å²) in [5, 5.41) is 21.0. The number of hydrogen-bond donors (Lipinski definition) is 2. The summed E-state index contributed by atoms with van der Waals surface area (Å²) in [7, 11) is 0. The Kier molecular flexibility index (Phi) is 9.35. The molecule has 12 heteroatoms. The molecule has 3 aromatic carbocycles. The summed E-state index contributed by atoms with van der Waals surface area (Å²) in [6, 6.07) is 17.2. The van der Waals surface area contributed by atoms with Crippen LogP contribution in [0.25, 0.3) is 0 Å². The van der Waals surface area contributed by atoms with E-state index >= 15 is 0 Å². The number of halogens is 6. The molecular formula is C29H29F6NO5. The smallest absolute Gasteiger partial charge is 0.491 e. The second kappa shape index (κ2) is 12.6. The molecule has 1 aliphatic rings. The molecule has 0 spiro atoms. The van der Waals surface area contributed by atoms with Gasteiger partial charge in [-0.3, -0.25) is 4.90 Å². The van der Waals surface area contributed by atoms with E-state index in [-0.39, 0.29) is 24.3 Å². The van der Waals surface area contributed by atoms with E-state index in [2.05, 4.69) is 14.4 Å². The summed E-state index contributed by atoms with van der Waals surface area (Å²) in [6.07, 6.45) is -8.75. The van der Waals surface area contributed by atoms with Crippen LogP contribution in [-0.4, -0.2) is 54.1 Å². The van der Waals surface area contributed by atoms with Gasteiger partial charge in [-0.25, -0.2) is 0 Å². The van der Waals surface area contributed by atoms with Crippen molar-refractivity contribution in [1.29, 1.82) is 0 Å². The molecule has 0 radical (unpaired) electrons. The number of aliphatic hydroxyl groups is 2. The number of nitrogens with zero attached hydrogens (tertiary/aromatic N) is 1. The number of aliphatic hydroxyl groups excluding tert-OH is 1. The van der Waals surface area contributed by atoms with Crippen molar-refractivity contribution < 1.29 is 50.8 Å². The molecule has 0 saturated carbocycles. The predicted molar refractivity (Wildman–Crippen MR) is 136 cm³/mol. The summed E-state index contributed by atoms with van der Waals surface area (Å²) >= 11 is 0. The number of benzene rings is 3.